The van der Waals surface area contributed by atoms with Gasteiger partial charge in [0, 0.05) is 51.4 Å². The maximum absolute atomic E-state index is 12.2. The highest BCUT2D eigenvalue weighted by molar-refractivity contribution is 6.01. The molecular formula is C14H23N3O4. The zero-order valence-corrected chi connectivity index (χ0v) is 13.0. The van der Waals surface area contributed by atoms with Crippen molar-refractivity contribution in [2.24, 2.45) is 0 Å². The Hall–Kier alpha value is -1.89. The van der Waals surface area contributed by atoms with Gasteiger partial charge in [0.1, 0.15) is 0 Å². The second-order valence-corrected chi connectivity index (χ2v) is 5.41. The highest BCUT2D eigenvalue weighted by Crippen LogP contribution is 2.11. The third kappa shape index (κ3) is 4.56. The van der Waals surface area contributed by atoms with Gasteiger partial charge in [-0.15, -0.1) is 0 Å². The van der Waals surface area contributed by atoms with Crippen LogP contribution in [0.1, 0.15) is 13.8 Å². The second kappa shape index (κ2) is 7.21. The molecule has 0 atom stereocenters. The number of hydrogen-bond donors (Lipinski definition) is 1. The van der Waals surface area contributed by atoms with Gasteiger partial charge in [-0.1, -0.05) is 0 Å². The maximum atomic E-state index is 12.2. The number of carbonyl (C=O) groups is 3. The van der Waals surface area contributed by atoms with Crippen molar-refractivity contribution in [1.29, 1.82) is 0 Å². The summed E-state index contributed by atoms with van der Waals surface area (Å²) in [5, 5.41) is 8.91. The molecule has 0 bridgehead atoms. The summed E-state index contributed by atoms with van der Waals surface area (Å²) < 4.78 is 0. The summed E-state index contributed by atoms with van der Waals surface area (Å²) >= 11 is 0. The van der Waals surface area contributed by atoms with E-state index < -0.39 is 5.97 Å². The fourth-order valence-corrected chi connectivity index (χ4v) is 2.00. The molecule has 0 unspecified atom stereocenters. The van der Waals surface area contributed by atoms with Crippen molar-refractivity contribution in [2.75, 3.05) is 46.8 Å². The summed E-state index contributed by atoms with van der Waals surface area (Å²) in [6.45, 7) is 5.55. The van der Waals surface area contributed by atoms with E-state index in [9.17, 15) is 14.4 Å². The first-order valence-electron chi connectivity index (χ1n) is 6.86. The van der Waals surface area contributed by atoms with Crippen LogP contribution in [0.5, 0.6) is 0 Å². The molecule has 0 saturated carbocycles. The Morgan fingerprint density at radius 3 is 1.95 bits per heavy atom. The molecule has 7 heteroatoms. The van der Waals surface area contributed by atoms with Crippen molar-refractivity contribution in [3.63, 3.8) is 0 Å². The summed E-state index contributed by atoms with van der Waals surface area (Å²) in [6.07, 6.45) is 0. The molecule has 0 aromatic rings. The molecule has 21 heavy (non-hydrogen) atoms. The first-order chi connectivity index (χ1) is 9.73. The van der Waals surface area contributed by atoms with E-state index in [1.807, 2.05) is 4.90 Å². The first-order valence-corrected chi connectivity index (χ1v) is 6.86. The van der Waals surface area contributed by atoms with Crippen LogP contribution >= 0.6 is 0 Å². The lowest BCUT2D eigenvalue weighted by atomic mass is 10.1. The van der Waals surface area contributed by atoms with Crippen LogP contribution in [0.25, 0.3) is 0 Å². The predicted molar refractivity (Wildman–Crippen MR) is 77.7 cm³/mol. The van der Waals surface area contributed by atoms with Crippen LogP contribution in [0.4, 0.5) is 0 Å². The molecule has 1 aliphatic heterocycles. The third-order valence-electron chi connectivity index (χ3n) is 3.72. The van der Waals surface area contributed by atoms with E-state index in [1.54, 1.807) is 23.9 Å². The van der Waals surface area contributed by atoms with Gasteiger partial charge in [0.15, 0.2) is 0 Å². The summed E-state index contributed by atoms with van der Waals surface area (Å²) in [5.74, 6) is -1.28. The van der Waals surface area contributed by atoms with E-state index in [-0.39, 0.29) is 23.0 Å². The van der Waals surface area contributed by atoms with E-state index in [0.29, 0.717) is 32.7 Å². The first kappa shape index (κ1) is 17.2. The molecule has 1 saturated heterocycles. The van der Waals surface area contributed by atoms with Crippen molar-refractivity contribution >= 4 is 17.8 Å². The lowest BCUT2D eigenvalue weighted by Gasteiger charge is -2.35. The number of carboxylic acids is 1. The molecule has 0 aliphatic carbocycles. The summed E-state index contributed by atoms with van der Waals surface area (Å²) in [5.41, 5.74) is 0.338. The molecule has 118 valence electrons. The van der Waals surface area contributed by atoms with Crippen LogP contribution < -0.4 is 0 Å². The van der Waals surface area contributed by atoms with Crippen LogP contribution in [-0.2, 0) is 14.4 Å². The fraction of sp³-hybridized carbons (Fsp3) is 0.643. The lowest BCUT2D eigenvalue weighted by Crippen LogP contribution is -2.51. The van der Waals surface area contributed by atoms with Crippen LogP contribution in [0, 0.1) is 0 Å². The summed E-state index contributed by atoms with van der Waals surface area (Å²) in [7, 11) is 3.43. The molecule has 1 fully saturated rings. The van der Waals surface area contributed by atoms with Crippen LogP contribution in [0.15, 0.2) is 11.1 Å². The lowest BCUT2D eigenvalue weighted by molar-refractivity contribution is -0.135. The van der Waals surface area contributed by atoms with Crippen molar-refractivity contribution in [3.8, 4) is 0 Å². The van der Waals surface area contributed by atoms with Crippen molar-refractivity contribution in [3.05, 3.63) is 11.1 Å². The van der Waals surface area contributed by atoms with E-state index in [0.717, 1.165) is 0 Å². The van der Waals surface area contributed by atoms with Gasteiger partial charge in [-0.2, -0.15) is 0 Å². The van der Waals surface area contributed by atoms with Gasteiger partial charge in [0.2, 0.25) is 11.8 Å². The molecule has 0 aromatic heterocycles. The predicted octanol–water partition coefficient (Wildman–Crippen LogP) is -0.360. The van der Waals surface area contributed by atoms with Crippen molar-refractivity contribution in [2.45, 2.75) is 13.8 Å². The van der Waals surface area contributed by atoms with Crippen LogP contribution in [0.2, 0.25) is 0 Å². The van der Waals surface area contributed by atoms with Gasteiger partial charge >= 0.3 is 5.97 Å². The standard InChI is InChI=1S/C14H23N3O4/c1-10(11(2)14(20)21)13(19)17-7-5-16(6-8-17)9-12(18)15(3)4/h5-9H2,1-4H3,(H,20,21). The SMILES string of the molecule is CC(C(=O)O)=C(C)C(=O)N1CCN(CC(=O)N(C)C)CC1. The smallest absolute Gasteiger partial charge is 0.331 e. The Morgan fingerprint density at radius 1 is 1.00 bits per heavy atom. The van der Waals surface area contributed by atoms with Crippen LogP contribution in [0.3, 0.4) is 0 Å². The number of aliphatic carboxylic acids is 1. The monoisotopic (exact) mass is 297 g/mol. The molecular weight excluding hydrogens is 274 g/mol. The van der Waals surface area contributed by atoms with E-state index in [1.165, 1.54) is 13.8 Å². The summed E-state index contributed by atoms with van der Waals surface area (Å²) in [6, 6.07) is 0. The number of carbonyl (C=O) groups excluding carboxylic acids is 2. The highest BCUT2D eigenvalue weighted by atomic mass is 16.4. The maximum Gasteiger partial charge on any atom is 0.331 e. The Labute approximate surface area is 124 Å². The zero-order valence-electron chi connectivity index (χ0n) is 13.0. The second-order valence-electron chi connectivity index (χ2n) is 5.41. The topological polar surface area (TPSA) is 81.2 Å². The Bertz CT molecular complexity index is 463. The quantitative estimate of drug-likeness (QED) is 0.717. The number of hydrogen-bond acceptors (Lipinski definition) is 4. The molecule has 0 aromatic carbocycles. The molecule has 0 spiro atoms. The van der Waals surface area contributed by atoms with E-state index >= 15 is 0 Å². The minimum atomic E-state index is -1.07. The molecule has 1 rings (SSSR count). The number of carboxylic acid groups (broad SMARTS) is 1. The Kier molecular flexibility index (Phi) is 5.90. The summed E-state index contributed by atoms with van der Waals surface area (Å²) in [4.78, 5) is 39.9. The number of piperazine rings is 1. The molecule has 1 heterocycles. The van der Waals surface area contributed by atoms with E-state index in [2.05, 4.69) is 0 Å². The molecule has 7 nitrogen and oxygen atoms in total. The normalized spacial score (nSPS) is 17.2. The molecule has 1 N–H and O–H groups in total. The average molecular weight is 297 g/mol. The minimum Gasteiger partial charge on any atom is -0.478 e. The Morgan fingerprint density at radius 2 is 1.52 bits per heavy atom. The van der Waals surface area contributed by atoms with Gasteiger partial charge in [-0.3, -0.25) is 14.5 Å². The van der Waals surface area contributed by atoms with Crippen molar-refractivity contribution < 1.29 is 19.5 Å². The van der Waals surface area contributed by atoms with Gasteiger partial charge in [0.25, 0.3) is 0 Å². The zero-order chi connectivity index (χ0) is 16.2. The minimum absolute atomic E-state index is 0.0348. The molecule has 2 amide bonds. The molecule has 0 radical (unpaired) electrons. The van der Waals surface area contributed by atoms with E-state index in [4.69, 9.17) is 5.11 Å². The van der Waals surface area contributed by atoms with Crippen LogP contribution in [-0.4, -0.2) is 84.4 Å². The number of nitrogens with zero attached hydrogens (tertiary/aromatic N) is 3. The third-order valence-corrected chi connectivity index (χ3v) is 3.72. The average Bonchev–Trinajstić information content (AvgIpc) is 2.45. The van der Waals surface area contributed by atoms with Gasteiger partial charge in [0.05, 0.1) is 6.54 Å². The van der Waals surface area contributed by atoms with Gasteiger partial charge in [-0.25, -0.2) is 4.79 Å². The van der Waals surface area contributed by atoms with Gasteiger partial charge < -0.3 is 14.9 Å². The number of rotatable bonds is 4. The molecule has 1 aliphatic rings. The fourth-order valence-electron chi connectivity index (χ4n) is 2.00. The highest BCUT2D eigenvalue weighted by Gasteiger charge is 2.25. The van der Waals surface area contributed by atoms with Gasteiger partial charge in [-0.05, 0) is 13.8 Å². The van der Waals surface area contributed by atoms with Crippen molar-refractivity contribution in [1.82, 2.24) is 14.7 Å². The number of likely N-dealkylation sites (N-methyl/N-ethyl adjacent to an activating group) is 1. The Balaban J connectivity index is 2.57. The number of amides is 2. The largest absolute Gasteiger partial charge is 0.478 e.